The van der Waals surface area contributed by atoms with E-state index in [-0.39, 0.29) is 5.84 Å². The van der Waals surface area contributed by atoms with Crippen LogP contribution in [0.3, 0.4) is 0 Å². The lowest BCUT2D eigenvalue weighted by molar-refractivity contribution is 0.359. The van der Waals surface area contributed by atoms with Crippen LogP contribution in [0.25, 0.3) is 0 Å². The van der Waals surface area contributed by atoms with Gasteiger partial charge in [0.25, 0.3) is 0 Å². The van der Waals surface area contributed by atoms with Crippen molar-refractivity contribution in [2.75, 3.05) is 0 Å². The van der Waals surface area contributed by atoms with Gasteiger partial charge in [-0.05, 0) is 18.6 Å². The van der Waals surface area contributed by atoms with Gasteiger partial charge in [0.05, 0.1) is 0 Å². The average Bonchev–Trinajstić information content (AvgIpc) is 2.70. The molecule has 0 radical (unpaired) electrons. The maximum Gasteiger partial charge on any atom is 0.122 e. The molecule has 1 aromatic carbocycles. The number of amidine groups is 1. The molecule has 0 atom stereocenters. The minimum atomic E-state index is 0.0879. The van der Waals surface area contributed by atoms with E-state index in [0.717, 1.165) is 23.5 Å². The maximum atomic E-state index is 7.34. The van der Waals surface area contributed by atoms with Gasteiger partial charge in [-0.25, -0.2) is 5.84 Å². The van der Waals surface area contributed by atoms with Crippen LogP contribution in [0.5, 0.6) is 0 Å². The zero-order valence-corrected chi connectivity index (χ0v) is 10.3. The SMILES string of the molecule is C/C=C1\N(N)C=CN1Cc1ccc(C(=N)N)cc1. The van der Waals surface area contributed by atoms with E-state index in [9.17, 15) is 0 Å². The van der Waals surface area contributed by atoms with Gasteiger partial charge >= 0.3 is 0 Å². The third-order valence-electron chi connectivity index (χ3n) is 2.84. The van der Waals surface area contributed by atoms with Gasteiger partial charge in [0.1, 0.15) is 11.7 Å². The van der Waals surface area contributed by atoms with Crippen LogP contribution < -0.4 is 11.6 Å². The van der Waals surface area contributed by atoms with Gasteiger partial charge < -0.3 is 10.6 Å². The topological polar surface area (TPSA) is 82.4 Å². The Bertz CT molecular complexity index is 501. The summed E-state index contributed by atoms with van der Waals surface area (Å²) in [6.45, 7) is 2.69. The highest BCUT2D eigenvalue weighted by molar-refractivity contribution is 5.94. The van der Waals surface area contributed by atoms with Gasteiger partial charge in [-0.1, -0.05) is 24.3 Å². The third kappa shape index (κ3) is 2.36. The standard InChI is InChI=1S/C13H17N5/c1-2-12-17(7-8-18(12)16)9-10-3-5-11(6-4-10)13(14)15/h2-8H,9,16H2,1H3,(H3,14,15)/b12-2-. The van der Waals surface area contributed by atoms with Crippen molar-refractivity contribution in [2.45, 2.75) is 13.5 Å². The quantitative estimate of drug-likeness (QED) is 0.424. The molecule has 1 aromatic rings. The van der Waals surface area contributed by atoms with E-state index < -0.39 is 0 Å². The molecule has 0 bridgehead atoms. The van der Waals surface area contributed by atoms with Crippen LogP contribution in [0.15, 0.2) is 48.6 Å². The van der Waals surface area contributed by atoms with E-state index in [1.165, 1.54) is 0 Å². The number of nitrogen functional groups attached to an aromatic ring is 1. The first-order valence-electron chi connectivity index (χ1n) is 5.70. The van der Waals surface area contributed by atoms with Gasteiger partial charge in [-0.15, -0.1) is 0 Å². The van der Waals surface area contributed by atoms with Crippen LogP contribution in [0.1, 0.15) is 18.1 Å². The Morgan fingerprint density at radius 3 is 2.50 bits per heavy atom. The predicted octanol–water partition coefficient (Wildman–Crippen LogP) is 1.29. The Morgan fingerprint density at radius 1 is 1.28 bits per heavy atom. The summed E-state index contributed by atoms with van der Waals surface area (Å²) in [5.74, 6) is 6.83. The summed E-state index contributed by atoms with van der Waals surface area (Å²) >= 11 is 0. The maximum absolute atomic E-state index is 7.34. The largest absolute Gasteiger partial charge is 0.384 e. The minimum Gasteiger partial charge on any atom is -0.384 e. The molecule has 94 valence electrons. The van der Waals surface area contributed by atoms with Crippen molar-refractivity contribution in [3.8, 4) is 0 Å². The number of rotatable bonds is 3. The van der Waals surface area contributed by atoms with E-state index in [0.29, 0.717) is 0 Å². The van der Waals surface area contributed by atoms with Crippen molar-refractivity contribution >= 4 is 5.84 Å². The van der Waals surface area contributed by atoms with E-state index in [1.54, 1.807) is 5.01 Å². The molecule has 0 fully saturated rings. The summed E-state index contributed by atoms with van der Waals surface area (Å²) in [7, 11) is 0. The number of nitrogens with two attached hydrogens (primary N) is 2. The molecule has 0 aliphatic carbocycles. The monoisotopic (exact) mass is 243 g/mol. The van der Waals surface area contributed by atoms with E-state index in [1.807, 2.05) is 49.7 Å². The molecule has 0 amide bonds. The molecule has 2 rings (SSSR count). The molecule has 1 heterocycles. The molecular weight excluding hydrogens is 226 g/mol. The van der Waals surface area contributed by atoms with Crippen LogP contribution in [0.2, 0.25) is 0 Å². The lowest BCUT2D eigenvalue weighted by atomic mass is 10.1. The summed E-state index contributed by atoms with van der Waals surface area (Å²) in [5, 5.41) is 8.93. The first-order valence-corrected chi connectivity index (χ1v) is 5.70. The number of allylic oxidation sites excluding steroid dienone is 1. The number of hydrazine groups is 1. The first kappa shape index (κ1) is 12.2. The molecule has 1 aliphatic rings. The van der Waals surface area contributed by atoms with E-state index in [2.05, 4.69) is 4.90 Å². The highest BCUT2D eigenvalue weighted by atomic mass is 15.5. The molecule has 1 aliphatic heterocycles. The van der Waals surface area contributed by atoms with Crippen LogP contribution in [-0.2, 0) is 6.54 Å². The fraction of sp³-hybridized carbons (Fsp3) is 0.154. The summed E-state index contributed by atoms with van der Waals surface area (Å²) in [6, 6.07) is 7.65. The molecule has 0 aromatic heterocycles. The Kier molecular flexibility index (Phi) is 3.34. The molecule has 5 heteroatoms. The fourth-order valence-corrected chi connectivity index (χ4v) is 1.89. The minimum absolute atomic E-state index is 0.0879. The molecule has 5 nitrogen and oxygen atoms in total. The summed E-state index contributed by atoms with van der Waals surface area (Å²) < 4.78 is 0. The third-order valence-corrected chi connectivity index (χ3v) is 2.84. The van der Waals surface area contributed by atoms with Crippen LogP contribution in [0.4, 0.5) is 0 Å². The van der Waals surface area contributed by atoms with Crippen molar-refractivity contribution in [1.29, 1.82) is 5.41 Å². The lowest BCUT2D eigenvalue weighted by Crippen LogP contribution is -2.27. The number of hydrogen-bond acceptors (Lipinski definition) is 4. The average molecular weight is 243 g/mol. The smallest absolute Gasteiger partial charge is 0.122 e. The van der Waals surface area contributed by atoms with Crippen molar-refractivity contribution < 1.29 is 0 Å². The molecule has 0 saturated carbocycles. The second-order valence-electron chi connectivity index (χ2n) is 4.09. The van der Waals surface area contributed by atoms with Gasteiger partial charge in [0, 0.05) is 24.5 Å². The molecule has 0 unspecified atom stereocenters. The number of nitrogens with one attached hydrogen (secondary N) is 1. The molecular formula is C13H17N5. The highest BCUT2D eigenvalue weighted by Crippen LogP contribution is 2.19. The normalized spacial score (nSPS) is 16.7. The zero-order chi connectivity index (χ0) is 13.1. The Morgan fingerprint density at radius 2 is 1.94 bits per heavy atom. The summed E-state index contributed by atoms with van der Waals surface area (Å²) in [6.07, 6.45) is 5.72. The van der Waals surface area contributed by atoms with Gasteiger partial charge in [-0.2, -0.15) is 0 Å². The van der Waals surface area contributed by atoms with Gasteiger partial charge in [0.2, 0.25) is 0 Å². The second kappa shape index (κ2) is 4.93. The second-order valence-corrected chi connectivity index (χ2v) is 4.09. The van der Waals surface area contributed by atoms with Crippen LogP contribution >= 0.6 is 0 Å². The Labute approximate surface area is 106 Å². The fourth-order valence-electron chi connectivity index (χ4n) is 1.89. The van der Waals surface area contributed by atoms with Crippen LogP contribution in [-0.4, -0.2) is 15.7 Å². The van der Waals surface area contributed by atoms with Gasteiger partial charge in [0.15, 0.2) is 0 Å². The van der Waals surface area contributed by atoms with Gasteiger partial charge in [-0.3, -0.25) is 10.4 Å². The first-order chi connectivity index (χ1) is 8.61. The lowest BCUT2D eigenvalue weighted by Gasteiger charge is -2.21. The molecule has 18 heavy (non-hydrogen) atoms. The highest BCUT2D eigenvalue weighted by Gasteiger charge is 2.16. The Balaban J connectivity index is 2.11. The van der Waals surface area contributed by atoms with Crippen LogP contribution in [0, 0.1) is 5.41 Å². The van der Waals surface area contributed by atoms with Crippen molar-refractivity contribution in [3.63, 3.8) is 0 Å². The number of hydrogen-bond donors (Lipinski definition) is 3. The molecule has 5 N–H and O–H groups in total. The number of benzene rings is 1. The van der Waals surface area contributed by atoms with Crippen molar-refractivity contribution in [3.05, 3.63) is 59.7 Å². The zero-order valence-electron chi connectivity index (χ0n) is 10.3. The summed E-state index contributed by atoms with van der Waals surface area (Å²) in [4.78, 5) is 2.06. The van der Waals surface area contributed by atoms with E-state index >= 15 is 0 Å². The van der Waals surface area contributed by atoms with Crippen molar-refractivity contribution in [2.24, 2.45) is 11.6 Å². The van der Waals surface area contributed by atoms with Crippen molar-refractivity contribution in [1.82, 2.24) is 9.91 Å². The Hall–Kier alpha value is -2.27. The molecule has 0 saturated heterocycles. The van der Waals surface area contributed by atoms with E-state index in [4.69, 9.17) is 17.0 Å². The molecule has 0 spiro atoms. The summed E-state index contributed by atoms with van der Waals surface area (Å²) in [5.41, 5.74) is 7.30. The number of nitrogens with zero attached hydrogens (tertiary/aromatic N) is 2. The predicted molar refractivity (Wildman–Crippen MR) is 71.9 cm³/mol.